The molecule has 1 fully saturated rings. The predicted molar refractivity (Wildman–Crippen MR) is 132 cm³/mol. The van der Waals surface area contributed by atoms with E-state index in [0.29, 0.717) is 41.6 Å². The van der Waals surface area contributed by atoms with Gasteiger partial charge in [-0.15, -0.1) is 0 Å². The van der Waals surface area contributed by atoms with Crippen LogP contribution in [0.4, 0.5) is 0 Å². The molecule has 1 aromatic carbocycles. The number of H-pyrrole nitrogens is 1. The molecule has 4 aliphatic heterocycles. The number of aliphatic imine (C=N–C) groups is 2. The molecule has 34 heavy (non-hydrogen) atoms. The standard InChI is InChI=1S/C21H24Cl2N10O/c1-31-11-12(8-25-31)13-9-26-33-19(13)29-21(32-2-4-34-5-3-32)30-20(33)24-10-18-27-16-6-14(22)15(23)7-17(16)28-18/h6-9,12-13,19H,2-5,10-11H2,1H3,(H,27,28)(H,24,29,30). The van der Waals surface area contributed by atoms with Gasteiger partial charge in [0.15, 0.2) is 6.17 Å². The number of aromatic nitrogens is 2. The summed E-state index contributed by atoms with van der Waals surface area (Å²) >= 11 is 12.3. The van der Waals surface area contributed by atoms with Gasteiger partial charge in [0, 0.05) is 50.9 Å². The normalized spacial score (nSPS) is 27.6. The molecule has 0 aliphatic carbocycles. The third-order valence-electron chi connectivity index (χ3n) is 6.34. The van der Waals surface area contributed by atoms with Gasteiger partial charge in [-0.1, -0.05) is 23.2 Å². The Morgan fingerprint density at radius 3 is 2.76 bits per heavy atom. The summed E-state index contributed by atoms with van der Waals surface area (Å²) in [4.78, 5) is 20.0. The molecule has 0 saturated carbocycles. The summed E-state index contributed by atoms with van der Waals surface area (Å²) in [6.07, 6.45) is 3.77. The van der Waals surface area contributed by atoms with Crippen LogP contribution in [0, 0.1) is 11.8 Å². The maximum Gasteiger partial charge on any atom is 0.224 e. The van der Waals surface area contributed by atoms with Crippen LogP contribution in [-0.4, -0.2) is 95.3 Å². The SMILES string of the molecule is CN1CC(C2C=NN3C(=NCc4nc5cc(Cl)c(Cl)cc5[nH]4)NC(N4CCOCC4)=NC23)C=N1. The average Bonchev–Trinajstić information content (AvgIpc) is 3.56. The minimum atomic E-state index is -0.186. The number of nitrogens with zero attached hydrogens (tertiary/aromatic N) is 8. The van der Waals surface area contributed by atoms with E-state index in [2.05, 4.69) is 30.4 Å². The lowest BCUT2D eigenvalue weighted by molar-refractivity contribution is 0.0657. The molecule has 4 aliphatic rings. The van der Waals surface area contributed by atoms with Crippen LogP contribution in [0.1, 0.15) is 5.82 Å². The van der Waals surface area contributed by atoms with Crippen LogP contribution >= 0.6 is 23.2 Å². The number of morpholine rings is 1. The molecular formula is C21H24Cl2N10O. The Morgan fingerprint density at radius 2 is 1.97 bits per heavy atom. The van der Waals surface area contributed by atoms with E-state index in [1.807, 2.05) is 29.5 Å². The van der Waals surface area contributed by atoms with Crippen molar-refractivity contribution in [2.75, 3.05) is 39.9 Å². The highest BCUT2D eigenvalue weighted by atomic mass is 35.5. The number of hydrazone groups is 2. The highest BCUT2D eigenvalue weighted by molar-refractivity contribution is 6.42. The van der Waals surface area contributed by atoms with Crippen molar-refractivity contribution >= 4 is 58.6 Å². The Morgan fingerprint density at radius 1 is 1.15 bits per heavy atom. The molecule has 5 heterocycles. The number of benzene rings is 1. The van der Waals surface area contributed by atoms with Gasteiger partial charge < -0.3 is 14.6 Å². The van der Waals surface area contributed by atoms with Gasteiger partial charge in [-0.05, 0) is 12.1 Å². The van der Waals surface area contributed by atoms with Crippen LogP contribution in [0.15, 0.2) is 32.3 Å². The van der Waals surface area contributed by atoms with Crippen molar-refractivity contribution in [3.8, 4) is 0 Å². The maximum atomic E-state index is 6.14. The van der Waals surface area contributed by atoms with Gasteiger partial charge in [-0.2, -0.15) is 10.2 Å². The Labute approximate surface area is 206 Å². The van der Waals surface area contributed by atoms with Gasteiger partial charge in [0.2, 0.25) is 11.9 Å². The summed E-state index contributed by atoms with van der Waals surface area (Å²) in [6, 6.07) is 3.52. The van der Waals surface area contributed by atoms with Gasteiger partial charge in [-0.3, -0.25) is 10.3 Å². The third-order valence-corrected chi connectivity index (χ3v) is 7.06. The Bertz CT molecular complexity index is 1180. The van der Waals surface area contributed by atoms with Crippen LogP contribution in [0.3, 0.4) is 0 Å². The highest BCUT2D eigenvalue weighted by Crippen LogP contribution is 2.30. The fourth-order valence-corrected chi connectivity index (χ4v) is 4.90. The molecule has 178 valence electrons. The van der Waals surface area contributed by atoms with Gasteiger partial charge in [-0.25, -0.2) is 20.0 Å². The molecule has 1 saturated heterocycles. The second kappa shape index (κ2) is 8.71. The molecule has 0 radical (unpaired) electrons. The van der Waals surface area contributed by atoms with Crippen molar-refractivity contribution in [2.24, 2.45) is 32.0 Å². The molecule has 2 aromatic rings. The van der Waals surface area contributed by atoms with E-state index >= 15 is 0 Å². The smallest absolute Gasteiger partial charge is 0.224 e. The summed E-state index contributed by atoms with van der Waals surface area (Å²) in [5, 5.41) is 17.2. The number of aromatic amines is 1. The zero-order valence-electron chi connectivity index (χ0n) is 18.5. The van der Waals surface area contributed by atoms with Crippen molar-refractivity contribution < 1.29 is 4.74 Å². The van der Waals surface area contributed by atoms with E-state index in [1.165, 1.54) is 0 Å². The van der Waals surface area contributed by atoms with Crippen LogP contribution < -0.4 is 5.32 Å². The van der Waals surface area contributed by atoms with Crippen molar-refractivity contribution in [1.29, 1.82) is 0 Å². The van der Waals surface area contributed by atoms with E-state index in [4.69, 9.17) is 37.9 Å². The molecule has 6 rings (SSSR count). The average molecular weight is 503 g/mol. The molecule has 11 nitrogen and oxygen atoms in total. The Balaban J connectivity index is 1.28. The first-order chi connectivity index (χ1) is 16.5. The first-order valence-corrected chi connectivity index (χ1v) is 11.9. The van der Waals surface area contributed by atoms with Gasteiger partial charge in [0.25, 0.3) is 0 Å². The van der Waals surface area contributed by atoms with Crippen molar-refractivity contribution in [3.05, 3.63) is 28.0 Å². The first-order valence-electron chi connectivity index (χ1n) is 11.2. The highest BCUT2D eigenvalue weighted by Gasteiger charge is 2.43. The summed E-state index contributed by atoms with van der Waals surface area (Å²) in [5.41, 5.74) is 1.57. The van der Waals surface area contributed by atoms with E-state index in [9.17, 15) is 0 Å². The Kier molecular flexibility index (Phi) is 5.54. The number of hydrogen-bond acceptors (Lipinski definition) is 8. The van der Waals surface area contributed by atoms with Gasteiger partial charge >= 0.3 is 0 Å². The number of fused-ring (bicyclic) bond motifs is 2. The number of imidazole rings is 1. The van der Waals surface area contributed by atoms with Crippen molar-refractivity contribution in [1.82, 2.24) is 30.2 Å². The maximum absolute atomic E-state index is 6.14. The molecule has 2 N–H and O–H groups in total. The molecule has 13 heteroatoms. The summed E-state index contributed by atoms with van der Waals surface area (Å²) in [5.74, 6) is 2.49. The van der Waals surface area contributed by atoms with Crippen molar-refractivity contribution in [2.45, 2.75) is 12.7 Å². The Hall–Kier alpha value is -2.89. The fraction of sp³-hybridized carbons (Fsp3) is 0.476. The van der Waals surface area contributed by atoms with E-state index in [1.54, 1.807) is 12.1 Å². The summed E-state index contributed by atoms with van der Waals surface area (Å²) in [6.45, 7) is 4.07. The minimum Gasteiger partial charge on any atom is -0.378 e. The molecule has 0 bridgehead atoms. The number of nitrogens with one attached hydrogen (secondary N) is 2. The minimum absolute atomic E-state index is 0.104. The second-order valence-electron chi connectivity index (χ2n) is 8.65. The van der Waals surface area contributed by atoms with E-state index in [-0.39, 0.29) is 18.0 Å². The lowest BCUT2D eigenvalue weighted by Crippen LogP contribution is -2.58. The molecule has 0 spiro atoms. The number of guanidine groups is 2. The zero-order valence-corrected chi connectivity index (χ0v) is 20.0. The van der Waals surface area contributed by atoms with Crippen LogP contribution in [0.25, 0.3) is 11.0 Å². The second-order valence-corrected chi connectivity index (χ2v) is 9.47. The number of ether oxygens (including phenoxy) is 1. The van der Waals surface area contributed by atoms with Gasteiger partial charge in [0.1, 0.15) is 12.4 Å². The summed E-state index contributed by atoms with van der Waals surface area (Å²) < 4.78 is 5.53. The van der Waals surface area contributed by atoms with Crippen LogP contribution in [-0.2, 0) is 11.3 Å². The van der Waals surface area contributed by atoms with E-state index < -0.39 is 0 Å². The predicted octanol–water partition coefficient (Wildman–Crippen LogP) is 1.81. The van der Waals surface area contributed by atoms with Gasteiger partial charge in [0.05, 0.1) is 34.3 Å². The molecule has 3 unspecified atom stereocenters. The first kappa shape index (κ1) is 21.6. The monoisotopic (exact) mass is 502 g/mol. The lowest BCUT2D eigenvalue weighted by atomic mass is 9.92. The fourth-order valence-electron chi connectivity index (χ4n) is 4.57. The van der Waals surface area contributed by atoms with E-state index in [0.717, 1.165) is 36.6 Å². The number of rotatable bonds is 3. The molecule has 0 amide bonds. The molecule has 3 atom stereocenters. The topological polar surface area (TPSA) is 109 Å². The third kappa shape index (κ3) is 3.97. The quantitative estimate of drug-likeness (QED) is 0.662. The number of hydrogen-bond donors (Lipinski definition) is 2. The van der Waals surface area contributed by atoms with Crippen LogP contribution in [0.2, 0.25) is 10.0 Å². The zero-order chi connectivity index (χ0) is 23.2. The van der Waals surface area contributed by atoms with Crippen molar-refractivity contribution in [3.63, 3.8) is 0 Å². The molecule has 1 aromatic heterocycles. The lowest BCUT2D eigenvalue weighted by Gasteiger charge is -2.37. The number of halogens is 2. The summed E-state index contributed by atoms with van der Waals surface area (Å²) in [7, 11) is 1.98. The van der Waals surface area contributed by atoms with Crippen LogP contribution in [0.5, 0.6) is 0 Å². The largest absolute Gasteiger partial charge is 0.378 e. The molecular weight excluding hydrogens is 479 g/mol.